The molecule has 1 aromatic rings. The normalized spacial score (nSPS) is 17.2. The predicted octanol–water partition coefficient (Wildman–Crippen LogP) is 4.22. The molecule has 1 aliphatic heterocycles. The summed E-state index contributed by atoms with van der Waals surface area (Å²) in [5, 5.41) is 2.64. The average Bonchev–Trinajstić information content (AvgIpc) is 2.59. The number of amides is 2. The second kappa shape index (κ2) is 9.07. The molecular weight excluding hydrogens is 363 g/mol. The summed E-state index contributed by atoms with van der Waals surface area (Å²) < 4.78 is 24.8. The molecule has 6 nitrogen and oxygen atoms in total. The van der Waals surface area contributed by atoms with Crippen molar-refractivity contribution in [3.05, 3.63) is 23.0 Å². The minimum atomic E-state index is -0.677. The average molecular weight is 387 g/mol. The van der Waals surface area contributed by atoms with E-state index in [1.807, 2.05) is 13.8 Å². The first-order valence-corrected chi connectivity index (χ1v) is 9.11. The Labute approximate surface area is 157 Å². The second-order valence-electron chi connectivity index (χ2n) is 6.32. The molecule has 8 heteroatoms. The molecule has 2 amide bonds. The molecule has 144 valence electrons. The van der Waals surface area contributed by atoms with Gasteiger partial charge >= 0.3 is 12.0 Å². The summed E-state index contributed by atoms with van der Waals surface area (Å²) in [5.41, 5.74) is -0.0526. The Bertz CT molecular complexity index is 669. The summed E-state index contributed by atoms with van der Waals surface area (Å²) in [4.78, 5) is 26.1. The molecule has 0 aliphatic carbocycles. The Morgan fingerprint density at radius 2 is 2.12 bits per heavy atom. The van der Waals surface area contributed by atoms with Gasteiger partial charge in [-0.3, -0.25) is 0 Å². The fourth-order valence-corrected chi connectivity index (χ4v) is 3.01. The van der Waals surface area contributed by atoms with E-state index in [0.717, 1.165) is 18.9 Å². The number of ether oxygens (including phenoxy) is 2. The molecule has 2 rings (SSSR count). The van der Waals surface area contributed by atoms with Gasteiger partial charge in [-0.05, 0) is 46.1 Å². The number of urea groups is 1. The molecule has 1 aliphatic rings. The molecule has 1 saturated heterocycles. The minimum absolute atomic E-state index is 0.0526. The van der Waals surface area contributed by atoms with Crippen molar-refractivity contribution >= 4 is 29.3 Å². The number of nitrogens with one attached hydrogen (secondary N) is 1. The maximum absolute atomic E-state index is 14.2. The van der Waals surface area contributed by atoms with E-state index in [-0.39, 0.29) is 29.2 Å². The molecule has 0 saturated carbocycles. The summed E-state index contributed by atoms with van der Waals surface area (Å²) in [6.07, 6.45) is 1.97. The van der Waals surface area contributed by atoms with Crippen molar-refractivity contribution in [2.75, 3.05) is 18.5 Å². The van der Waals surface area contributed by atoms with Crippen LogP contribution in [0.4, 0.5) is 14.9 Å². The fourth-order valence-electron chi connectivity index (χ4n) is 2.81. The van der Waals surface area contributed by atoms with Gasteiger partial charge in [0.05, 0.1) is 23.4 Å². The van der Waals surface area contributed by atoms with Gasteiger partial charge in [-0.2, -0.15) is 0 Å². The lowest BCUT2D eigenvalue weighted by Crippen LogP contribution is -2.50. The van der Waals surface area contributed by atoms with E-state index in [9.17, 15) is 14.0 Å². The van der Waals surface area contributed by atoms with Crippen LogP contribution in [0.2, 0.25) is 5.02 Å². The summed E-state index contributed by atoms with van der Waals surface area (Å²) in [7, 11) is 0. The number of benzene rings is 1. The number of rotatable bonds is 5. The Balaban J connectivity index is 2.18. The van der Waals surface area contributed by atoms with E-state index >= 15 is 0 Å². The zero-order valence-electron chi connectivity index (χ0n) is 15.2. The van der Waals surface area contributed by atoms with Crippen LogP contribution in [0.15, 0.2) is 12.1 Å². The molecule has 1 heterocycles. The predicted molar refractivity (Wildman–Crippen MR) is 97.2 cm³/mol. The van der Waals surface area contributed by atoms with E-state index in [1.165, 1.54) is 11.0 Å². The maximum Gasteiger partial charge on any atom is 0.328 e. The lowest BCUT2D eigenvalue weighted by Gasteiger charge is -2.34. The van der Waals surface area contributed by atoms with Crippen LogP contribution in [-0.2, 0) is 9.53 Å². The van der Waals surface area contributed by atoms with E-state index < -0.39 is 23.9 Å². The van der Waals surface area contributed by atoms with E-state index in [4.69, 9.17) is 21.1 Å². The maximum atomic E-state index is 14.2. The molecular formula is C18H24ClFN2O4. The fraction of sp³-hybridized carbons (Fsp3) is 0.556. The third-order valence-electron chi connectivity index (χ3n) is 3.95. The molecule has 1 aromatic carbocycles. The molecule has 0 bridgehead atoms. The molecule has 0 aromatic heterocycles. The first-order chi connectivity index (χ1) is 12.3. The third-order valence-corrected chi connectivity index (χ3v) is 4.24. The summed E-state index contributed by atoms with van der Waals surface area (Å²) >= 11 is 5.98. The highest BCUT2D eigenvalue weighted by atomic mass is 35.5. The van der Waals surface area contributed by atoms with Crippen LogP contribution in [0.3, 0.4) is 0 Å². The van der Waals surface area contributed by atoms with Gasteiger partial charge in [-0.1, -0.05) is 11.6 Å². The van der Waals surface area contributed by atoms with Gasteiger partial charge in [0, 0.05) is 12.6 Å². The zero-order valence-corrected chi connectivity index (χ0v) is 15.9. The van der Waals surface area contributed by atoms with Crippen molar-refractivity contribution < 1.29 is 23.5 Å². The smallest absolute Gasteiger partial charge is 0.328 e. The third kappa shape index (κ3) is 5.00. The van der Waals surface area contributed by atoms with Gasteiger partial charge in [0.1, 0.15) is 17.6 Å². The van der Waals surface area contributed by atoms with Gasteiger partial charge in [0.15, 0.2) is 0 Å². The molecule has 0 spiro atoms. The van der Waals surface area contributed by atoms with Crippen LogP contribution in [0.25, 0.3) is 0 Å². The quantitative estimate of drug-likeness (QED) is 0.769. The Hall–Kier alpha value is -2.02. The van der Waals surface area contributed by atoms with Gasteiger partial charge in [0.25, 0.3) is 0 Å². The largest absolute Gasteiger partial charge is 0.489 e. The first kappa shape index (κ1) is 20.3. The molecule has 1 unspecified atom stereocenters. The highest BCUT2D eigenvalue weighted by Gasteiger charge is 2.33. The number of hydrogen-bond donors (Lipinski definition) is 1. The zero-order chi connectivity index (χ0) is 19.3. The monoisotopic (exact) mass is 386 g/mol. The lowest BCUT2D eigenvalue weighted by molar-refractivity contribution is -0.149. The number of anilines is 1. The van der Waals surface area contributed by atoms with Crippen molar-refractivity contribution in [3.8, 4) is 5.75 Å². The number of carbonyl (C=O) groups excluding carboxylic acids is 2. The van der Waals surface area contributed by atoms with Crippen molar-refractivity contribution in [2.45, 2.75) is 52.2 Å². The Morgan fingerprint density at radius 1 is 1.38 bits per heavy atom. The van der Waals surface area contributed by atoms with Crippen LogP contribution < -0.4 is 10.1 Å². The number of esters is 1. The molecule has 1 fully saturated rings. The SMILES string of the molecule is CCOC(=O)C1CCCCN1C(=O)Nc1cc(OC(C)C)c(Cl)cc1F. The second-order valence-corrected chi connectivity index (χ2v) is 6.72. The van der Waals surface area contributed by atoms with Crippen LogP contribution >= 0.6 is 11.6 Å². The van der Waals surface area contributed by atoms with Crippen LogP contribution in [-0.4, -0.2) is 42.2 Å². The van der Waals surface area contributed by atoms with E-state index in [1.54, 1.807) is 6.92 Å². The molecule has 1 atom stereocenters. The highest BCUT2D eigenvalue weighted by Crippen LogP contribution is 2.32. The molecule has 1 N–H and O–H groups in total. The first-order valence-electron chi connectivity index (χ1n) is 8.73. The topological polar surface area (TPSA) is 67.9 Å². The van der Waals surface area contributed by atoms with Crippen molar-refractivity contribution in [1.29, 1.82) is 0 Å². The van der Waals surface area contributed by atoms with Crippen molar-refractivity contribution in [2.24, 2.45) is 0 Å². The number of halogens is 2. The van der Waals surface area contributed by atoms with E-state index in [2.05, 4.69) is 5.32 Å². The summed E-state index contributed by atoms with van der Waals surface area (Å²) in [6.45, 7) is 5.99. The molecule has 0 radical (unpaired) electrons. The van der Waals surface area contributed by atoms with Crippen LogP contribution in [0, 0.1) is 5.82 Å². The van der Waals surface area contributed by atoms with Crippen molar-refractivity contribution in [1.82, 2.24) is 4.90 Å². The van der Waals surface area contributed by atoms with Gasteiger partial charge in [-0.25, -0.2) is 14.0 Å². The van der Waals surface area contributed by atoms with Gasteiger partial charge in [0.2, 0.25) is 0 Å². The van der Waals surface area contributed by atoms with Gasteiger partial charge in [-0.15, -0.1) is 0 Å². The van der Waals surface area contributed by atoms with Gasteiger partial charge < -0.3 is 19.7 Å². The molecule has 26 heavy (non-hydrogen) atoms. The minimum Gasteiger partial charge on any atom is -0.489 e. The Morgan fingerprint density at radius 3 is 2.77 bits per heavy atom. The standard InChI is InChI=1S/C18H24ClFN2O4/c1-4-25-17(23)15-7-5-6-8-22(15)18(24)21-14-10-16(26-11(2)3)12(19)9-13(14)20/h9-11,15H,4-8H2,1-3H3,(H,21,24). The van der Waals surface area contributed by atoms with Crippen LogP contribution in [0.1, 0.15) is 40.0 Å². The van der Waals surface area contributed by atoms with Crippen molar-refractivity contribution in [3.63, 3.8) is 0 Å². The number of nitrogens with zero attached hydrogens (tertiary/aromatic N) is 1. The summed E-state index contributed by atoms with van der Waals surface area (Å²) in [6, 6.07) is 1.22. The number of carbonyl (C=O) groups is 2. The van der Waals surface area contributed by atoms with E-state index in [0.29, 0.717) is 13.0 Å². The number of piperidine rings is 1. The summed E-state index contributed by atoms with van der Waals surface area (Å²) in [5.74, 6) is -0.842. The Kier molecular flexibility index (Phi) is 7.08. The highest BCUT2D eigenvalue weighted by molar-refractivity contribution is 6.32. The number of hydrogen-bond acceptors (Lipinski definition) is 4. The lowest BCUT2D eigenvalue weighted by atomic mass is 10.0. The van der Waals surface area contributed by atoms with Crippen LogP contribution in [0.5, 0.6) is 5.75 Å². The number of likely N-dealkylation sites (tertiary alicyclic amines) is 1.